The van der Waals surface area contributed by atoms with E-state index in [9.17, 15) is 13.2 Å². The van der Waals surface area contributed by atoms with Crippen LogP contribution in [0.25, 0.3) is 0 Å². The summed E-state index contributed by atoms with van der Waals surface area (Å²) in [6, 6.07) is 14.5. The Morgan fingerprint density at radius 1 is 1.00 bits per heavy atom. The normalized spacial score (nSPS) is 11.2. The Kier molecular flexibility index (Phi) is 9.38. The monoisotopic (exact) mass is 516 g/mol. The Bertz CT molecular complexity index is 1220. The van der Waals surface area contributed by atoms with Crippen molar-refractivity contribution in [1.82, 2.24) is 4.90 Å². The molecule has 0 saturated carbocycles. The maximum Gasteiger partial charge on any atom is 0.339 e. The van der Waals surface area contributed by atoms with Crippen LogP contribution in [0.1, 0.15) is 30.0 Å². The lowest BCUT2D eigenvalue weighted by molar-refractivity contribution is 0.0648. The molecule has 1 amide bonds. The second kappa shape index (κ2) is 12.5. The standard InChI is InChI=1S/C26H32N2O7S/c1-5-27(6-2)21-10-9-20(19-28(15-17-32-3)26(29)24-8-7-16-34-24)25(18-21)35-36(30,31)23-13-11-22(33-4)12-14-23/h7-14,16,18H,5-6,15,17,19H2,1-4H3. The Morgan fingerprint density at radius 3 is 2.31 bits per heavy atom. The van der Waals surface area contributed by atoms with Gasteiger partial charge in [0.1, 0.15) is 16.4 Å². The molecule has 2 aromatic carbocycles. The van der Waals surface area contributed by atoms with Gasteiger partial charge in [-0.15, -0.1) is 0 Å². The summed E-state index contributed by atoms with van der Waals surface area (Å²) in [5.41, 5.74) is 1.34. The average Bonchev–Trinajstić information content (AvgIpc) is 3.43. The molecule has 10 heteroatoms. The van der Waals surface area contributed by atoms with Gasteiger partial charge in [0.2, 0.25) is 0 Å². The number of furan rings is 1. The van der Waals surface area contributed by atoms with Crippen LogP contribution < -0.4 is 13.8 Å². The predicted octanol–water partition coefficient (Wildman–Crippen LogP) is 4.19. The van der Waals surface area contributed by atoms with E-state index in [4.69, 9.17) is 18.1 Å². The molecule has 0 radical (unpaired) electrons. The molecule has 1 aromatic heterocycles. The summed E-state index contributed by atoms with van der Waals surface area (Å²) in [6.45, 7) is 6.16. The third-order valence-corrected chi connectivity index (χ3v) is 6.92. The highest BCUT2D eigenvalue weighted by Crippen LogP contribution is 2.30. The molecule has 0 aliphatic rings. The number of methoxy groups -OCH3 is 2. The largest absolute Gasteiger partial charge is 0.497 e. The van der Waals surface area contributed by atoms with E-state index < -0.39 is 10.1 Å². The first-order chi connectivity index (χ1) is 17.3. The fraction of sp³-hybridized carbons (Fsp3) is 0.346. The molecule has 3 rings (SSSR count). The van der Waals surface area contributed by atoms with Crippen molar-refractivity contribution < 1.29 is 31.3 Å². The first-order valence-electron chi connectivity index (χ1n) is 11.6. The van der Waals surface area contributed by atoms with Crippen molar-refractivity contribution in [2.45, 2.75) is 25.3 Å². The van der Waals surface area contributed by atoms with Crippen molar-refractivity contribution in [3.8, 4) is 11.5 Å². The molecule has 0 spiro atoms. The summed E-state index contributed by atoms with van der Waals surface area (Å²) in [6.07, 6.45) is 1.43. The van der Waals surface area contributed by atoms with Gasteiger partial charge in [-0.3, -0.25) is 4.79 Å². The van der Waals surface area contributed by atoms with Crippen molar-refractivity contribution in [3.05, 3.63) is 72.2 Å². The molecule has 0 aliphatic carbocycles. The maximum atomic E-state index is 13.2. The highest BCUT2D eigenvalue weighted by Gasteiger charge is 2.24. The Labute approximate surface area is 212 Å². The highest BCUT2D eigenvalue weighted by molar-refractivity contribution is 7.87. The lowest BCUT2D eigenvalue weighted by atomic mass is 10.1. The van der Waals surface area contributed by atoms with E-state index in [1.165, 1.54) is 30.4 Å². The van der Waals surface area contributed by atoms with Crippen molar-refractivity contribution in [3.63, 3.8) is 0 Å². The quantitative estimate of drug-likeness (QED) is 0.312. The number of rotatable bonds is 13. The molecular weight excluding hydrogens is 484 g/mol. The molecule has 0 atom stereocenters. The van der Waals surface area contributed by atoms with Crippen LogP contribution in [0.15, 0.2) is 70.2 Å². The minimum Gasteiger partial charge on any atom is -0.497 e. The zero-order valence-electron chi connectivity index (χ0n) is 21.0. The Morgan fingerprint density at radius 2 is 1.72 bits per heavy atom. The molecule has 0 unspecified atom stereocenters. The molecule has 194 valence electrons. The summed E-state index contributed by atoms with van der Waals surface area (Å²) in [5.74, 6) is 0.515. The molecule has 3 aromatic rings. The number of ether oxygens (including phenoxy) is 2. The second-order valence-electron chi connectivity index (χ2n) is 7.87. The molecule has 0 bridgehead atoms. The number of hydrogen-bond donors (Lipinski definition) is 0. The van der Waals surface area contributed by atoms with Crippen LogP contribution in [0.4, 0.5) is 5.69 Å². The number of carbonyl (C=O) groups excluding carboxylic acids is 1. The van der Waals surface area contributed by atoms with Gasteiger partial charge in [-0.05, 0) is 56.3 Å². The van der Waals surface area contributed by atoms with E-state index in [-0.39, 0.29) is 35.4 Å². The number of amides is 1. The van der Waals surface area contributed by atoms with Gasteiger partial charge in [-0.1, -0.05) is 6.07 Å². The Hall–Kier alpha value is -3.50. The summed E-state index contributed by atoms with van der Waals surface area (Å²) in [4.78, 5) is 16.7. The summed E-state index contributed by atoms with van der Waals surface area (Å²) in [7, 11) is -1.10. The van der Waals surface area contributed by atoms with Crippen LogP contribution in [0.2, 0.25) is 0 Å². The van der Waals surface area contributed by atoms with Crippen LogP contribution in [0.3, 0.4) is 0 Å². The lowest BCUT2D eigenvalue weighted by Gasteiger charge is -2.25. The third kappa shape index (κ3) is 6.58. The van der Waals surface area contributed by atoms with Crippen LogP contribution in [0.5, 0.6) is 11.5 Å². The van der Waals surface area contributed by atoms with Gasteiger partial charge in [0.15, 0.2) is 5.76 Å². The van der Waals surface area contributed by atoms with Gasteiger partial charge < -0.3 is 27.9 Å². The van der Waals surface area contributed by atoms with E-state index in [0.717, 1.165) is 18.8 Å². The number of benzene rings is 2. The van der Waals surface area contributed by atoms with E-state index in [1.807, 2.05) is 19.9 Å². The van der Waals surface area contributed by atoms with Crippen molar-refractivity contribution in [2.75, 3.05) is 45.4 Å². The molecular formula is C26H32N2O7S. The smallest absolute Gasteiger partial charge is 0.339 e. The van der Waals surface area contributed by atoms with Crippen LogP contribution >= 0.6 is 0 Å². The maximum absolute atomic E-state index is 13.2. The molecule has 0 aliphatic heterocycles. The van der Waals surface area contributed by atoms with Gasteiger partial charge in [-0.25, -0.2) is 0 Å². The third-order valence-electron chi connectivity index (χ3n) is 5.67. The highest BCUT2D eigenvalue weighted by atomic mass is 32.2. The van der Waals surface area contributed by atoms with E-state index in [2.05, 4.69) is 4.90 Å². The molecule has 0 fully saturated rings. The average molecular weight is 517 g/mol. The number of anilines is 1. The molecule has 1 heterocycles. The topological polar surface area (TPSA) is 98.5 Å². The van der Waals surface area contributed by atoms with E-state index in [0.29, 0.717) is 17.9 Å². The van der Waals surface area contributed by atoms with Gasteiger partial charge >= 0.3 is 10.1 Å². The number of nitrogens with zero attached hydrogens (tertiary/aromatic N) is 2. The lowest BCUT2D eigenvalue weighted by Crippen LogP contribution is -2.33. The summed E-state index contributed by atoms with van der Waals surface area (Å²) >= 11 is 0. The van der Waals surface area contributed by atoms with Gasteiger partial charge in [0.05, 0.1) is 20.0 Å². The molecule has 36 heavy (non-hydrogen) atoms. The van der Waals surface area contributed by atoms with Crippen LogP contribution in [0, 0.1) is 0 Å². The zero-order chi connectivity index (χ0) is 26.1. The second-order valence-corrected chi connectivity index (χ2v) is 9.42. The van der Waals surface area contributed by atoms with Gasteiger partial charge in [0.25, 0.3) is 5.91 Å². The number of hydrogen-bond acceptors (Lipinski definition) is 8. The van der Waals surface area contributed by atoms with E-state index >= 15 is 0 Å². The fourth-order valence-electron chi connectivity index (χ4n) is 3.66. The molecule has 0 N–H and O–H groups in total. The zero-order valence-corrected chi connectivity index (χ0v) is 21.8. The predicted molar refractivity (Wildman–Crippen MR) is 136 cm³/mol. The summed E-state index contributed by atoms with van der Waals surface area (Å²) < 4.78 is 47.6. The van der Waals surface area contributed by atoms with Crippen LogP contribution in [-0.4, -0.2) is 59.7 Å². The first-order valence-corrected chi connectivity index (χ1v) is 13.0. The SMILES string of the molecule is CCN(CC)c1ccc(CN(CCOC)C(=O)c2ccco2)c(OS(=O)(=O)c2ccc(OC)cc2)c1. The van der Waals surface area contributed by atoms with Crippen molar-refractivity contribution >= 4 is 21.7 Å². The van der Waals surface area contributed by atoms with Gasteiger partial charge in [-0.2, -0.15) is 8.42 Å². The first kappa shape index (κ1) is 27.1. The summed E-state index contributed by atoms with van der Waals surface area (Å²) in [5, 5.41) is 0. The Balaban J connectivity index is 1.99. The van der Waals surface area contributed by atoms with Crippen molar-refractivity contribution in [1.29, 1.82) is 0 Å². The minimum absolute atomic E-state index is 0.00890. The van der Waals surface area contributed by atoms with Crippen LogP contribution in [-0.2, 0) is 21.4 Å². The van der Waals surface area contributed by atoms with Gasteiger partial charge in [0, 0.05) is 50.6 Å². The fourth-order valence-corrected chi connectivity index (χ4v) is 4.62. The van der Waals surface area contributed by atoms with Crippen molar-refractivity contribution in [2.24, 2.45) is 0 Å². The molecule has 9 nitrogen and oxygen atoms in total. The number of carbonyl (C=O) groups is 1. The molecule has 0 saturated heterocycles. The van der Waals surface area contributed by atoms with E-state index in [1.54, 1.807) is 43.5 Å². The minimum atomic E-state index is -4.15.